The summed E-state index contributed by atoms with van der Waals surface area (Å²) < 4.78 is 0. The van der Waals surface area contributed by atoms with Gasteiger partial charge >= 0.3 is 0 Å². The van der Waals surface area contributed by atoms with Crippen molar-refractivity contribution in [2.75, 3.05) is 5.32 Å². The molecule has 0 aromatic carbocycles. The van der Waals surface area contributed by atoms with Crippen molar-refractivity contribution >= 4 is 11.6 Å². The fourth-order valence-electron chi connectivity index (χ4n) is 1.16. The summed E-state index contributed by atoms with van der Waals surface area (Å²) in [6.07, 6.45) is 4.46. The number of aryl methyl sites for hydroxylation is 1. The first-order chi connectivity index (χ1) is 7.75. The molecule has 80 valence electrons. The highest BCUT2D eigenvalue weighted by Gasteiger charge is 2.06. The summed E-state index contributed by atoms with van der Waals surface area (Å²) in [5, 5.41) is 2.69. The second-order valence-corrected chi connectivity index (χ2v) is 3.24. The molecule has 0 aliphatic carbocycles. The van der Waals surface area contributed by atoms with E-state index in [0.717, 1.165) is 5.69 Å². The number of hydrogen-bond acceptors (Lipinski definition) is 4. The van der Waals surface area contributed by atoms with Gasteiger partial charge in [0.1, 0.15) is 12.0 Å². The quantitative estimate of drug-likeness (QED) is 0.821. The minimum absolute atomic E-state index is 0.270. The van der Waals surface area contributed by atoms with Crippen molar-refractivity contribution in [1.82, 2.24) is 15.0 Å². The lowest BCUT2D eigenvalue weighted by atomic mass is 10.3. The van der Waals surface area contributed by atoms with Gasteiger partial charge in [-0.1, -0.05) is 0 Å². The molecule has 5 heteroatoms. The van der Waals surface area contributed by atoms with Crippen LogP contribution in [0.4, 0.5) is 5.69 Å². The van der Waals surface area contributed by atoms with Gasteiger partial charge in [-0.3, -0.25) is 9.78 Å². The summed E-state index contributed by atoms with van der Waals surface area (Å²) in [7, 11) is 0. The van der Waals surface area contributed by atoms with Crippen LogP contribution in [-0.2, 0) is 0 Å². The Morgan fingerprint density at radius 3 is 2.75 bits per heavy atom. The van der Waals surface area contributed by atoms with E-state index in [4.69, 9.17) is 0 Å². The highest BCUT2D eigenvalue weighted by atomic mass is 16.1. The molecule has 0 saturated heterocycles. The van der Waals surface area contributed by atoms with E-state index in [1.807, 2.05) is 13.0 Å². The number of anilines is 1. The smallest absolute Gasteiger partial charge is 0.274 e. The standard InChI is InChI=1S/C11H10N4O/c1-8-2-3-9(6-13-8)15-11(16)10-4-5-12-7-14-10/h2-7H,1H3,(H,15,16). The number of aromatic nitrogens is 3. The van der Waals surface area contributed by atoms with Crippen LogP contribution in [-0.4, -0.2) is 20.9 Å². The van der Waals surface area contributed by atoms with Crippen LogP contribution in [0.5, 0.6) is 0 Å². The third kappa shape index (κ3) is 2.38. The fourth-order valence-corrected chi connectivity index (χ4v) is 1.16. The third-order valence-corrected chi connectivity index (χ3v) is 1.98. The van der Waals surface area contributed by atoms with Crippen molar-refractivity contribution in [2.24, 2.45) is 0 Å². The number of pyridine rings is 1. The Kier molecular flexibility index (Phi) is 2.86. The number of nitrogens with one attached hydrogen (secondary N) is 1. The van der Waals surface area contributed by atoms with Gasteiger partial charge in [-0.25, -0.2) is 9.97 Å². The minimum Gasteiger partial charge on any atom is -0.319 e. The highest BCUT2D eigenvalue weighted by Crippen LogP contribution is 2.06. The molecule has 5 nitrogen and oxygen atoms in total. The lowest BCUT2D eigenvalue weighted by Gasteiger charge is -2.03. The minimum atomic E-state index is -0.270. The maximum Gasteiger partial charge on any atom is 0.274 e. The lowest BCUT2D eigenvalue weighted by Crippen LogP contribution is -2.13. The van der Waals surface area contributed by atoms with Gasteiger partial charge in [-0.15, -0.1) is 0 Å². The van der Waals surface area contributed by atoms with Crippen molar-refractivity contribution in [1.29, 1.82) is 0 Å². The van der Waals surface area contributed by atoms with Crippen LogP contribution in [0.1, 0.15) is 16.2 Å². The van der Waals surface area contributed by atoms with Crippen molar-refractivity contribution in [3.63, 3.8) is 0 Å². The fraction of sp³-hybridized carbons (Fsp3) is 0.0909. The Morgan fingerprint density at radius 1 is 1.25 bits per heavy atom. The normalized spacial score (nSPS) is 9.81. The van der Waals surface area contributed by atoms with E-state index in [1.54, 1.807) is 18.3 Å². The van der Waals surface area contributed by atoms with E-state index in [1.165, 1.54) is 12.5 Å². The first-order valence-electron chi connectivity index (χ1n) is 4.76. The van der Waals surface area contributed by atoms with Gasteiger partial charge < -0.3 is 5.32 Å². The largest absolute Gasteiger partial charge is 0.319 e. The molecule has 0 aliphatic heterocycles. The van der Waals surface area contributed by atoms with Crippen LogP contribution in [0.3, 0.4) is 0 Å². The molecule has 0 atom stereocenters. The first-order valence-corrected chi connectivity index (χ1v) is 4.76. The molecule has 2 heterocycles. The summed E-state index contributed by atoms with van der Waals surface area (Å²) in [5.74, 6) is -0.270. The van der Waals surface area contributed by atoms with Crippen LogP contribution in [0.2, 0.25) is 0 Å². The SMILES string of the molecule is Cc1ccc(NC(=O)c2ccncn2)cn1. The number of carbonyl (C=O) groups is 1. The van der Waals surface area contributed by atoms with Crippen molar-refractivity contribution < 1.29 is 4.79 Å². The Morgan fingerprint density at radius 2 is 2.12 bits per heavy atom. The molecule has 0 bridgehead atoms. The Labute approximate surface area is 92.6 Å². The van der Waals surface area contributed by atoms with Crippen molar-refractivity contribution in [3.05, 3.63) is 48.3 Å². The Bertz CT molecular complexity index is 481. The molecular formula is C11H10N4O. The van der Waals surface area contributed by atoms with Gasteiger partial charge in [0.2, 0.25) is 0 Å². The lowest BCUT2D eigenvalue weighted by molar-refractivity contribution is 0.102. The highest BCUT2D eigenvalue weighted by molar-refractivity contribution is 6.02. The monoisotopic (exact) mass is 214 g/mol. The van der Waals surface area contributed by atoms with E-state index >= 15 is 0 Å². The molecule has 0 aliphatic rings. The van der Waals surface area contributed by atoms with E-state index in [2.05, 4.69) is 20.3 Å². The molecule has 2 rings (SSSR count). The predicted octanol–water partition coefficient (Wildman–Crippen LogP) is 1.43. The predicted molar refractivity (Wildman–Crippen MR) is 59.0 cm³/mol. The molecule has 1 amide bonds. The summed E-state index contributed by atoms with van der Waals surface area (Å²) in [6, 6.07) is 5.17. The van der Waals surface area contributed by atoms with Crippen LogP contribution in [0, 0.1) is 6.92 Å². The first kappa shape index (κ1) is 10.2. The zero-order chi connectivity index (χ0) is 11.4. The molecule has 2 aromatic rings. The van der Waals surface area contributed by atoms with E-state index < -0.39 is 0 Å². The molecule has 0 unspecified atom stereocenters. The number of hydrogen-bond donors (Lipinski definition) is 1. The molecule has 0 spiro atoms. The number of carbonyl (C=O) groups excluding carboxylic acids is 1. The zero-order valence-electron chi connectivity index (χ0n) is 8.71. The van der Waals surface area contributed by atoms with Crippen molar-refractivity contribution in [3.8, 4) is 0 Å². The van der Waals surface area contributed by atoms with Crippen LogP contribution >= 0.6 is 0 Å². The average molecular weight is 214 g/mol. The van der Waals surface area contributed by atoms with Gasteiger partial charge in [0.15, 0.2) is 0 Å². The van der Waals surface area contributed by atoms with Gasteiger partial charge in [0.25, 0.3) is 5.91 Å². The summed E-state index contributed by atoms with van der Waals surface area (Å²) in [6.45, 7) is 1.88. The van der Waals surface area contributed by atoms with Gasteiger partial charge in [0, 0.05) is 11.9 Å². The molecule has 0 saturated carbocycles. The van der Waals surface area contributed by atoms with E-state index in [-0.39, 0.29) is 5.91 Å². The molecule has 2 aromatic heterocycles. The number of rotatable bonds is 2. The second-order valence-electron chi connectivity index (χ2n) is 3.24. The summed E-state index contributed by atoms with van der Waals surface area (Å²) >= 11 is 0. The maximum absolute atomic E-state index is 11.7. The van der Waals surface area contributed by atoms with Crippen LogP contribution < -0.4 is 5.32 Å². The maximum atomic E-state index is 11.7. The number of nitrogens with zero attached hydrogens (tertiary/aromatic N) is 3. The average Bonchev–Trinajstić information content (AvgIpc) is 2.33. The Balaban J connectivity index is 2.11. The Hall–Kier alpha value is -2.30. The third-order valence-electron chi connectivity index (χ3n) is 1.98. The van der Waals surface area contributed by atoms with Gasteiger partial charge in [0.05, 0.1) is 11.9 Å². The second kappa shape index (κ2) is 4.48. The molecule has 0 radical (unpaired) electrons. The van der Waals surface area contributed by atoms with Crippen LogP contribution in [0.25, 0.3) is 0 Å². The topological polar surface area (TPSA) is 67.8 Å². The zero-order valence-corrected chi connectivity index (χ0v) is 8.71. The molecule has 1 N–H and O–H groups in total. The molecule has 16 heavy (non-hydrogen) atoms. The van der Waals surface area contributed by atoms with Crippen LogP contribution in [0.15, 0.2) is 36.9 Å². The molecule has 0 fully saturated rings. The van der Waals surface area contributed by atoms with Crippen molar-refractivity contribution in [2.45, 2.75) is 6.92 Å². The van der Waals surface area contributed by atoms with E-state index in [0.29, 0.717) is 11.4 Å². The molecular weight excluding hydrogens is 204 g/mol. The summed E-state index contributed by atoms with van der Waals surface area (Å²) in [4.78, 5) is 23.3. The van der Waals surface area contributed by atoms with Gasteiger partial charge in [-0.05, 0) is 25.1 Å². The van der Waals surface area contributed by atoms with E-state index in [9.17, 15) is 4.79 Å². The van der Waals surface area contributed by atoms with Gasteiger partial charge in [-0.2, -0.15) is 0 Å². The number of amides is 1. The summed E-state index contributed by atoms with van der Waals surface area (Å²) in [5.41, 5.74) is 1.88.